The van der Waals surface area contributed by atoms with Crippen molar-refractivity contribution in [2.24, 2.45) is 0 Å². The number of hydrogen-bond donors (Lipinski definition) is 0. The Morgan fingerprint density at radius 3 is 2.44 bits per heavy atom. The molecule has 0 aliphatic heterocycles. The molecule has 1 aromatic rings. The second-order valence-corrected chi connectivity index (χ2v) is 6.74. The molecule has 0 N–H and O–H groups in total. The van der Waals surface area contributed by atoms with Crippen molar-refractivity contribution < 1.29 is 8.42 Å². The van der Waals surface area contributed by atoms with E-state index in [-0.39, 0.29) is 9.92 Å². The van der Waals surface area contributed by atoms with Gasteiger partial charge < -0.3 is 0 Å². The van der Waals surface area contributed by atoms with Gasteiger partial charge >= 0.3 is 0 Å². The third kappa shape index (κ3) is 1.91. The molecule has 0 heterocycles. The minimum absolute atomic E-state index is 0.0516. The van der Waals surface area contributed by atoms with Gasteiger partial charge in [0.2, 0.25) is 10.0 Å². The van der Waals surface area contributed by atoms with E-state index in [0.29, 0.717) is 12.8 Å². The Hall–Kier alpha value is -1.09. The molecule has 6 heteroatoms. The van der Waals surface area contributed by atoms with Crippen LogP contribution in [0, 0.1) is 11.3 Å². The average Bonchev–Trinajstić information content (AvgIpc) is 2.28. The molecule has 1 aliphatic rings. The van der Waals surface area contributed by atoms with Crippen molar-refractivity contribution in [1.29, 1.82) is 5.26 Å². The van der Waals surface area contributed by atoms with Crippen molar-refractivity contribution >= 4 is 21.6 Å². The second-order valence-electron chi connectivity index (χ2n) is 4.40. The fourth-order valence-corrected chi connectivity index (χ4v) is 4.01. The molecule has 0 bridgehead atoms. The number of hydrogen-bond acceptors (Lipinski definition) is 3. The van der Waals surface area contributed by atoms with Crippen molar-refractivity contribution in [3.05, 3.63) is 29.3 Å². The lowest BCUT2D eigenvalue weighted by Gasteiger charge is -2.41. The molecule has 2 rings (SSSR count). The maximum absolute atomic E-state index is 12.4. The van der Waals surface area contributed by atoms with Gasteiger partial charge in [0.15, 0.2) is 0 Å². The van der Waals surface area contributed by atoms with E-state index in [2.05, 4.69) is 6.07 Å². The fourth-order valence-electron chi connectivity index (χ4n) is 2.04. The first-order valence-electron chi connectivity index (χ1n) is 5.59. The summed E-state index contributed by atoms with van der Waals surface area (Å²) < 4.78 is 26.0. The van der Waals surface area contributed by atoms with Gasteiger partial charge in [-0.2, -0.15) is 9.57 Å². The molecule has 0 spiro atoms. The van der Waals surface area contributed by atoms with Crippen LogP contribution < -0.4 is 0 Å². The zero-order chi connectivity index (χ0) is 13.4. The molecule has 4 nitrogen and oxygen atoms in total. The van der Waals surface area contributed by atoms with Gasteiger partial charge in [0.05, 0.1) is 11.1 Å². The summed E-state index contributed by atoms with van der Waals surface area (Å²) in [6.45, 7) is 0. The van der Waals surface area contributed by atoms with E-state index < -0.39 is 15.6 Å². The van der Waals surface area contributed by atoms with Crippen LogP contribution in [-0.4, -0.2) is 25.3 Å². The molecule has 1 aliphatic carbocycles. The number of rotatable bonds is 3. The minimum atomic E-state index is -3.72. The minimum Gasteiger partial charge on any atom is -0.207 e. The highest BCUT2D eigenvalue weighted by atomic mass is 35.5. The van der Waals surface area contributed by atoms with Gasteiger partial charge in [0.25, 0.3) is 0 Å². The Balaban J connectivity index is 2.45. The van der Waals surface area contributed by atoms with E-state index in [4.69, 9.17) is 11.6 Å². The quantitative estimate of drug-likeness (QED) is 0.856. The van der Waals surface area contributed by atoms with E-state index in [1.165, 1.54) is 19.2 Å². The van der Waals surface area contributed by atoms with Gasteiger partial charge in [-0.05, 0) is 31.4 Å². The standard InChI is InChI=1S/C12H13ClN2O2S/c1-15(12(9-14)7-4-8-12)18(16,17)11-6-3-2-5-10(11)13/h2-3,5-6H,4,7-8H2,1H3. The maximum atomic E-state index is 12.4. The van der Waals surface area contributed by atoms with Crippen molar-refractivity contribution in [3.63, 3.8) is 0 Å². The van der Waals surface area contributed by atoms with Crippen molar-refractivity contribution in [3.8, 4) is 6.07 Å². The molecule has 0 saturated heterocycles. The summed E-state index contributed by atoms with van der Waals surface area (Å²) in [5.74, 6) is 0. The third-order valence-corrected chi connectivity index (χ3v) is 5.89. The largest absolute Gasteiger partial charge is 0.245 e. The molecule has 0 atom stereocenters. The van der Waals surface area contributed by atoms with Crippen molar-refractivity contribution in [1.82, 2.24) is 4.31 Å². The number of sulfonamides is 1. The Morgan fingerprint density at radius 2 is 2.00 bits per heavy atom. The second kappa shape index (κ2) is 4.54. The van der Waals surface area contributed by atoms with Crippen LogP contribution in [0.15, 0.2) is 29.2 Å². The highest BCUT2D eigenvalue weighted by Crippen LogP contribution is 2.40. The summed E-state index contributed by atoms with van der Waals surface area (Å²) in [4.78, 5) is 0.0516. The number of nitrogens with zero attached hydrogens (tertiary/aromatic N) is 2. The van der Waals surface area contributed by atoms with Crippen LogP contribution >= 0.6 is 11.6 Å². The van der Waals surface area contributed by atoms with E-state index in [9.17, 15) is 13.7 Å². The lowest BCUT2D eigenvalue weighted by molar-refractivity contribution is 0.171. The molecular formula is C12H13ClN2O2S. The molecule has 1 saturated carbocycles. The van der Waals surface area contributed by atoms with E-state index in [1.807, 2.05) is 0 Å². The van der Waals surface area contributed by atoms with Gasteiger partial charge in [0, 0.05) is 7.05 Å². The van der Waals surface area contributed by atoms with Gasteiger partial charge in [-0.25, -0.2) is 8.42 Å². The molecular weight excluding hydrogens is 272 g/mol. The summed E-state index contributed by atoms with van der Waals surface area (Å²) in [6.07, 6.45) is 2.02. The lowest BCUT2D eigenvalue weighted by Crippen LogP contribution is -2.53. The van der Waals surface area contributed by atoms with Crippen LogP contribution in [0.5, 0.6) is 0 Å². The van der Waals surface area contributed by atoms with Crippen LogP contribution in [0.1, 0.15) is 19.3 Å². The van der Waals surface area contributed by atoms with Gasteiger partial charge in [0.1, 0.15) is 10.4 Å². The van der Waals surface area contributed by atoms with Crippen LogP contribution in [0.25, 0.3) is 0 Å². The van der Waals surface area contributed by atoms with Gasteiger partial charge in [-0.1, -0.05) is 23.7 Å². The Labute approximate surface area is 112 Å². The average molecular weight is 285 g/mol. The maximum Gasteiger partial charge on any atom is 0.245 e. The number of nitriles is 1. The first kappa shape index (κ1) is 13.3. The Morgan fingerprint density at radius 1 is 1.39 bits per heavy atom. The highest BCUT2D eigenvalue weighted by molar-refractivity contribution is 7.89. The molecule has 0 radical (unpaired) electrons. The van der Waals surface area contributed by atoms with Gasteiger partial charge in [-0.15, -0.1) is 0 Å². The first-order chi connectivity index (χ1) is 8.44. The lowest BCUT2D eigenvalue weighted by atomic mass is 9.78. The molecule has 1 fully saturated rings. The molecule has 96 valence electrons. The third-order valence-electron chi connectivity index (χ3n) is 3.47. The summed E-state index contributed by atoms with van der Waals surface area (Å²) in [5, 5.41) is 9.37. The van der Waals surface area contributed by atoms with Crippen molar-refractivity contribution in [2.75, 3.05) is 7.05 Å². The zero-order valence-corrected chi connectivity index (χ0v) is 11.5. The highest BCUT2D eigenvalue weighted by Gasteiger charge is 2.47. The van der Waals surface area contributed by atoms with Crippen LogP contribution in [0.3, 0.4) is 0 Å². The monoisotopic (exact) mass is 284 g/mol. The normalized spacial score (nSPS) is 18.1. The van der Waals surface area contributed by atoms with E-state index in [0.717, 1.165) is 10.7 Å². The van der Waals surface area contributed by atoms with E-state index >= 15 is 0 Å². The van der Waals surface area contributed by atoms with Crippen LogP contribution in [0.2, 0.25) is 5.02 Å². The van der Waals surface area contributed by atoms with Crippen molar-refractivity contribution in [2.45, 2.75) is 29.7 Å². The smallest absolute Gasteiger partial charge is 0.207 e. The topological polar surface area (TPSA) is 61.2 Å². The summed E-state index contributed by atoms with van der Waals surface area (Å²) in [5.41, 5.74) is -0.905. The van der Waals surface area contributed by atoms with E-state index in [1.54, 1.807) is 12.1 Å². The molecule has 0 amide bonds. The molecule has 18 heavy (non-hydrogen) atoms. The molecule has 1 aromatic carbocycles. The predicted octanol–water partition coefficient (Wildman–Crippen LogP) is 2.41. The SMILES string of the molecule is CN(C1(C#N)CCC1)S(=O)(=O)c1ccccc1Cl. The predicted molar refractivity (Wildman–Crippen MR) is 68.6 cm³/mol. The summed E-state index contributed by atoms with van der Waals surface area (Å²) in [7, 11) is -2.28. The Bertz CT molecular complexity index is 603. The number of benzene rings is 1. The number of halogens is 1. The fraction of sp³-hybridized carbons (Fsp3) is 0.417. The first-order valence-corrected chi connectivity index (χ1v) is 7.41. The summed E-state index contributed by atoms with van der Waals surface area (Å²) in [6, 6.07) is 8.39. The zero-order valence-electron chi connectivity index (χ0n) is 9.93. The Kier molecular flexibility index (Phi) is 3.37. The van der Waals surface area contributed by atoms with Crippen LogP contribution in [-0.2, 0) is 10.0 Å². The molecule has 0 aromatic heterocycles. The van der Waals surface area contributed by atoms with Gasteiger partial charge in [-0.3, -0.25) is 0 Å². The van der Waals surface area contributed by atoms with Crippen LogP contribution in [0.4, 0.5) is 0 Å². The summed E-state index contributed by atoms with van der Waals surface area (Å²) >= 11 is 5.92. The molecule has 0 unspecified atom stereocenters.